The Morgan fingerprint density at radius 1 is 1.08 bits per heavy atom. The van der Waals surface area contributed by atoms with E-state index >= 15 is 0 Å². The van der Waals surface area contributed by atoms with E-state index in [1.165, 1.54) is 11.3 Å². The van der Waals surface area contributed by atoms with E-state index < -0.39 is 12.6 Å². The normalized spacial score (nSPS) is 15.7. The number of piperazine rings is 1. The molecule has 3 rings (SSSR count). The van der Waals surface area contributed by atoms with Crippen LogP contribution in [0.15, 0.2) is 47.8 Å². The maximum Gasteiger partial charge on any atom is 0.262 e. The van der Waals surface area contributed by atoms with Gasteiger partial charge in [0.25, 0.3) is 5.91 Å². The van der Waals surface area contributed by atoms with Crippen molar-refractivity contribution < 1.29 is 14.7 Å². The first kappa shape index (κ1) is 17.4. The second-order valence-corrected chi connectivity index (χ2v) is 6.78. The van der Waals surface area contributed by atoms with Gasteiger partial charge in [-0.1, -0.05) is 24.3 Å². The number of amides is 2. The van der Waals surface area contributed by atoms with Gasteiger partial charge in [-0.15, -0.1) is 11.3 Å². The molecule has 1 aliphatic heterocycles. The molecule has 2 heterocycles. The summed E-state index contributed by atoms with van der Waals surface area (Å²) >= 11 is 1.30. The highest BCUT2D eigenvalue weighted by molar-refractivity contribution is 7.12. The smallest absolute Gasteiger partial charge is 0.262 e. The van der Waals surface area contributed by atoms with Crippen molar-refractivity contribution in [2.75, 3.05) is 37.7 Å². The summed E-state index contributed by atoms with van der Waals surface area (Å²) < 4.78 is 0. The molecule has 1 fully saturated rings. The van der Waals surface area contributed by atoms with Crippen LogP contribution in [0.3, 0.4) is 0 Å². The van der Waals surface area contributed by atoms with Crippen molar-refractivity contribution in [3.8, 4) is 0 Å². The van der Waals surface area contributed by atoms with E-state index in [2.05, 4.69) is 22.3 Å². The molecule has 0 unspecified atom stereocenters. The molecule has 2 amide bonds. The Kier molecular flexibility index (Phi) is 5.67. The number of carbonyl (C=O) groups is 2. The van der Waals surface area contributed by atoms with E-state index in [-0.39, 0.29) is 11.8 Å². The molecule has 7 heteroatoms. The zero-order valence-electron chi connectivity index (χ0n) is 13.8. The molecule has 0 radical (unpaired) electrons. The standard InChI is InChI=1S/C18H21N3O3S/c22-13-15(19-17(23)16-7-4-12-25-16)18(24)21-10-8-20(9-11-21)14-5-2-1-3-6-14/h1-7,12,15,22H,8-11,13H2,(H,19,23)/t15-/m0/s1. The minimum absolute atomic E-state index is 0.236. The van der Waals surface area contributed by atoms with E-state index in [4.69, 9.17) is 0 Å². The first-order valence-corrected chi connectivity index (χ1v) is 9.11. The van der Waals surface area contributed by atoms with E-state index in [1.54, 1.807) is 22.4 Å². The summed E-state index contributed by atoms with van der Waals surface area (Å²) in [5.74, 6) is -0.564. The lowest BCUT2D eigenvalue weighted by Gasteiger charge is -2.37. The molecule has 1 atom stereocenters. The van der Waals surface area contributed by atoms with Crippen LogP contribution in [0.5, 0.6) is 0 Å². The molecule has 0 spiro atoms. The van der Waals surface area contributed by atoms with Crippen molar-refractivity contribution in [2.45, 2.75) is 6.04 Å². The SMILES string of the molecule is O=C(N[C@@H](CO)C(=O)N1CCN(c2ccccc2)CC1)c1cccs1. The second-order valence-electron chi connectivity index (χ2n) is 5.83. The van der Waals surface area contributed by atoms with Gasteiger partial charge in [0, 0.05) is 31.9 Å². The Morgan fingerprint density at radius 2 is 1.80 bits per heavy atom. The average Bonchev–Trinajstić information content (AvgIpc) is 3.21. The van der Waals surface area contributed by atoms with Crippen molar-refractivity contribution in [1.82, 2.24) is 10.2 Å². The van der Waals surface area contributed by atoms with Crippen LogP contribution in [0.1, 0.15) is 9.67 Å². The van der Waals surface area contributed by atoms with Gasteiger partial charge in [0.15, 0.2) is 0 Å². The first-order chi connectivity index (χ1) is 12.2. The van der Waals surface area contributed by atoms with Gasteiger partial charge in [0.05, 0.1) is 11.5 Å². The summed E-state index contributed by atoms with van der Waals surface area (Å²) in [7, 11) is 0. The first-order valence-electron chi connectivity index (χ1n) is 8.23. The van der Waals surface area contributed by atoms with Gasteiger partial charge in [0.1, 0.15) is 6.04 Å². The van der Waals surface area contributed by atoms with Gasteiger partial charge >= 0.3 is 0 Å². The van der Waals surface area contributed by atoms with Crippen molar-refractivity contribution in [3.05, 3.63) is 52.7 Å². The molecule has 1 saturated heterocycles. The van der Waals surface area contributed by atoms with Gasteiger partial charge in [0.2, 0.25) is 5.91 Å². The summed E-state index contributed by atoms with van der Waals surface area (Å²) in [5, 5.41) is 14.0. The van der Waals surface area contributed by atoms with E-state index in [0.717, 1.165) is 18.8 Å². The van der Waals surface area contributed by atoms with Crippen LogP contribution in [0, 0.1) is 0 Å². The third kappa shape index (κ3) is 4.18. The number of thiophene rings is 1. The predicted molar refractivity (Wildman–Crippen MR) is 97.9 cm³/mol. The average molecular weight is 359 g/mol. The topological polar surface area (TPSA) is 72.9 Å². The molecule has 2 aromatic rings. The number of hydrogen-bond acceptors (Lipinski definition) is 5. The summed E-state index contributed by atoms with van der Waals surface area (Å²) in [6.07, 6.45) is 0. The molecule has 0 bridgehead atoms. The highest BCUT2D eigenvalue weighted by atomic mass is 32.1. The number of nitrogens with one attached hydrogen (secondary N) is 1. The molecule has 2 N–H and O–H groups in total. The molecule has 1 aromatic carbocycles. The third-order valence-corrected chi connectivity index (χ3v) is 5.11. The summed E-state index contributed by atoms with van der Waals surface area (Å²) in [6, 6.07) is 12.6. The van der Waals surface area contributed by atoms with Gasteiger partial charge in [-0.05, 0) is 23.6 Å². The third-order valence-electron chi connectivity index (χ3n) is 4.24. The number of benzene rings is 1. The number of anilines is 1. The summed E-state index contributed by atoms with van der Waals surface area (Å²) in [6.45, 7) is 2.19. The Bertz CT molecular complexity index is 698. The van der Waals surface area contributed by atoms with Crippen LogP contribution in [-0.4, -0.2) is 60.6 Å². The van der Waals surface area contributed by atoms with Crippen LogP contribution < -0.4 is 10.2 Å². The number of aliphatic hydroxyl groups excluding tert-OH is 1. The van der Waals surface area contributed by atoms with Gasteiger partial charge in [-0.2, -0.15) is 0 Å². The fourth-order valence-corrected chi connectivity index (χ4v) is 3.49. The van der Waals surface area contributed by atoms with Crippen LogP contribution >= 0.6 is 11.3 Å². The van der Waals surface area contributed by atoms with Crippen LogP contribution in [0.25, 0.3) is 0 Å². The molecule has 25 heavy (non-hydrogen) atoms. The van der Waals surface area contributed by atoms with Crippen molar-refractivity contribution in [3.63, 3.8) is 0 Å². The van der Waals surface area contributed by atoms with Crippen molar-refractivity contribution in [1.29, 1.82) is 0 Å². The van der Waals surface area contributed by atoms with Crippen LogP contribution in [-0.2, 0) is 4.79 Å². The van der Waals surface area contributed by atoms with Gasteiger partial charge in [-0.25, -0.2) is 0 Å². The molecule has 6 nitrogen and oxygen atoms in total. The monoisotopic (exact) mass is 359 g/mol. The highest BCUT2D eigenvalue weighted by Gasteiger charge is 2.28. The fraction of sp³-hybridized carbons (Fsp3) is 0.333. The highest BCUT2D eigenvalue weighted by Crippen LogP contribution is 2.16. The Morgan fingerprint density at radius 3 is 2.40 bits per heavy atom. The second kappa shape index (κ2) is 8.13. The van der Waals surface area contributed by atoms with Crippen LogP contribution in [0.4, 0.5) is 5.69 Å². The number of carbonyl (C=O) groups excluding carboxylic acids is 2. The predicted octanol–water partition coefficient (Wildman–Crippen LogP) is 1.19. The van der Waals surface area contributed by atoms with E-state index in [9.17, 15) is 14.7 Å². The lowest BCUT2D eigenvalue weighted by molar-refractivity contribution is -0.134. The minimum Gasteiger partial charge on any atom is -0.394 e. The Balaban J connectivity index is 1.56. The van der Waals surface area contributed by atoms with Crippen molar-refractivity contribution >= 4 is 28.8 Å². The van der Waals surface area contributed by atoms with E-state index in [1.807, 2.05) is 18.2 Å². The molecule has 1 aromatic heterocycles. The number of nitrogens with zero attached hydrogens (tertiary/aromatic N) is 2. The van der Waals surface area contributed by atoms with Gasteiger partial charge < -0.3 is 20.2 Å². The quantitative estimate of drug-likeness (QED) is 0.841. The molecular formula is C18H21N3O3S. The Hall–Kier alpha value is -2.38. The van der Waals surface area contributed by atoms with E-state index in [0.29, 0.717) is 18.0 Å². The minimum atomic E-state index is -0.905. The lowest BCUT2D eigenvalue weighted by Crippen LogP contribution is -2.56. The largest absolute Gasteiger partial charge is 0.394 e. The summed E-state index contributed by atoms with van der Waals surface area (Å²) in [5.41, 5.74) is 1.14. The van der Waals surface area contributed by atoms with Gasteiger partial charge in [-0.3, -0.25) is 9.59 Å². The molecule has 0 saturated carbocycles. The summed E-state index contributed by atoms with van der Waals surface area (Å²) in [4.78, 5) is 29.2. The lowest BCUT2D eigenvalue weighted by atomic mass is 10.2. The maximum atomic E-state index is 12.6. The fourth-order valence-electron chi connectivity index (χ4n) is 2.87. The van der Waals surface area contributed by atoms with Crippen LogP contribution in [0.2, 0.25) is 0 Å². The molecular weight excluding hydrogens is 338 g/mol. The Labute approximate surface area is 150 Å². The number of para-hydroxylation sites is 1. The zero-order valence-corrected chi connectivity index (χ0v) is 14.6. The number of hydrogen-bond donors (Lipinski definition) is 2. The van der Waals surface area contributed by atoms with Crippen molar-refractivity contribution in [2.24, 2.45) is 0 Å². The molecule has 132 valence electrons. The molecule has 1 aliphatic rings. The molecule has 0 aliphatic carbocycles. The number of aliphatic hydroxyl groups is 1. The maximum absolute atomic E-state index is 12.6. The number of rotatable bonds is 5. The zero-order chi connectivity index (χ0) is 17.6.